The summed E-state index contributed by atoms with van der Waals surface area (Å²) in [4.78, 5) is 58.7. The fourth-order valence-electron chi connectivity index (χ4n) is 7.20. The molecular weight excluding hydrogens is 675 g/mol. The predicted octanol–water partition coefficient (Wildman–Crippen LogP) is 1.72. The minimum Gasteiger partial charge on any atom is -0.377 e. The standard InChI is InChI=1S/C37H51N5O8S/c1-51(47,48)33-9-7-28(8-10-33)24-40-17-12-30-23-34(43)39-16-20-49-21-22-50-27-36(45)42(26-35(44)38-15-11-31(30)25-40)32-13-18-41(19-14-32)37(46)29-5-3-2-4-6-29/h2-10,30-32H,11-27H2,1H3,(H,38,44)(H,39,43)/t30-,31-/m0/s1. The van der Waals surface area contributed by atoms with Crippen molar-refractivity contribution in [3.05, 3.63) is 65.7 Å². The maximum absolute atomic E-state index is 13.4. The minimum absolute atomic E-state index is 0.0330. The molecule has 4 amide bonds. The molecule has 14 heteroatoms. The second-order valence-corrected chi connectivity index (χ2v) is 15.7. The Morgan fingerprint density at radius 2 is 1.51 bits per heavy atom. The van der Waals surface area contributed by atoms with E-state index >= 15 is 0 Å². The number of likely N-dealkylation sites (tertiary alicyclic amines) is 2. The monoisotopic (exact) mass is 725 g/mol. The number of benzene rings is 2. The van der Waals surface area contributed by atoms with E-state index in [0.717, 1.165) is 25.1 Å². The normalized spacial score (nSPS) is 23.3. The van der Waals surface area contributed by atoms with E-state index in [1.54, 1.807) is 34.1 Å². The van der Waals surface area contributed by atoms with Gasteiger partial charge in [0, 0.05) is 63.6 Å². The zero-order valence-corrected chi connectivity index (χ0v) is 30.3. The highest BCUT2D eigenvalue weighted by atomic mass is 32.2. The lowest BCUT2D eigenvalue weighted by Gasteiger charge is -2.39. The summed E-state index contributed by atoms with van der Waals surface area (Å²) in [6.45, 7) is 4.40. The maximum Gasteiger partial charge on any atom is 0.253 e. The molecule has 13 nitrogen and oxygen atoms in total. The van der Waals surface area contributed by atoms with Crippen molar-refractivity contribution >= 4 is 33.5 Å². The molecule has 2 atom stereocenters. The lowest BCUT2D eigenvalue weighted by molar-refractivity contribution is -0.143. The van der Waals surface area contributed by atoms with Crippen LogP contribution in [0.25, 0.3) is 0 Å². The molecule has 0 bridgehead atoms. The van der Waals surface area contributed by atoms with Gasteiger partial charge in [0.25, 0.3) is 5.91 Å². The number of hydrogen-bond donors (Lipinski definition) is 2. The first-order valence-corrected chi connectivity index (χ1v) is 19.8. The molecule has 0 spiro atoms. The highest BCUT2D eigenvalue weighted by Crippen LogP contribution is 2.30. The van der Waals surface area contributed by atoms with Gasteiger partial charge in [-0.3, -0.25) is 24.1 Å². The van der Waals surface area contributed by atoms with Gasteiger partial charge < -0.3 is 29.9 Å². The molecule has 278 valence electrons. The lowest BCUT2D eigenvalue weighted by atomic mass is 9.80. The van der Waals surface area contributed by atoms with Gasteiger partial charge in [0.1, 0.15) is 6.61 Å². The number of sulfone groups is 1. The molecule has 2 aromatic carbocycles. The van der Waals surface area contributed by atoms with Crippen LogP contribution in [0.4, 0.5) is 0 Å². The fourth-order valence-corrected chi connectivity index (χ4v) is 7.83. The van der Waals surface area contributed by atoms with Crippen LogP contribution in [0.3, 0.4) is 0 Å². The first kappa shape index (κ1) is 38.4. The molecular formula is C37H51N5O8S. The summed E-state index contributed by atoms with van der Waals surface area (Å²) in [6, 6.07) is 15.9. The zero-order chi connectivity index (χ0) is 36.2. The molecule has 2 aromatic rings. The molecule has 0 aliphatic carbocycles. The largest absolute Gasteiger partial charge is 0.377 e. The van der Waals surface area contributed by atoms with Gasteiger partial charge in [0.05, 0.1) is 31.3 Å². The molecule has 0 radical (unpaired) electrons. The van der Waals surface area contributed by atoms with E-state index in [0.29, 0.717) is 70.6 Å². The van der Waals surface area contributed by atoms with E-state index in [1.165, 1.54) is 6.26 Å². The fraction of sp³-hybridized carbons (Fsp3) is 0.568. The third kappa shape index (κ3) is 11.6. The van der Waals surface area contributed by atoms with Gasteiger partial charge >= 0.3 is 0 Å². The lowest BCUT2D eigenvalue weighted by Crippen LogP contribution is -2.52. The number of carbonyl (C=O) groups is 4. The van der Waals surface area contributed by atoms with Crippen LogP contribution in [-0.4, -0.2) is 131 Å². The van der Waals surface area contributed by atoms with Gasteiger partial charge in [0.15, 0.2) is 9.84 Å². The van der Waals surface area contributed by atoms with E-state index in [1.807, 2.05) is 30.3 Å². The molecule has 5 rings (SSSR count). The first-order chi connectivity index (χ1) is 24.6. The Morgan fingerprint density at radius 3 is 2.24 bits per heavy atom. The topological polar surface area (TPSA) is 155 Å². The molecule has 3 saturated heterocycles. The zero-order valence-electron chi connectivity index (χ0n) is 29.5. The van der Waals surface area contributed by atoms with Crippen LogP contribution >= 0.6 is 0 Å². The van der Waals surface area contributed by atoms with Crippen LogP contribution in [-0.2, 0) is 40.2 Å². The summed E-state index contributed by atoms with van der Waals surface area (Å²) in [5, 5.41) is 5.98. The Morgan fingerprint density at radius 1 is 0.804 bits per heavy atom. The Balaban J connectivity index is 1.21. The summed E-state index contributed by atoms with van der Waals surface area (Å²) in [5.41, 5.74) is 1.63. The van der Waals surface area contributed by atoms with Crippen LogP contribution in [0, 0.1) is 11.8 Å². The number of ether oxygens (including phenoxy) is 2. The molecule has 51 heavy (non-hydrogen) atoms. The molecule has 0 unspecified atom stereocenters. The molecule has 3 fully saturated rings. The number of rotatable bonds is 5. The molecule has 2 N–H and O–H groups in total. The van der Waals surface area contributed by atoms with Crippen LogP contribution in [0.15, 0.2) is 59.5 Å². The average molecular weight is 726 g/mol. The smallest absolute Gasteiger partial charge is 0.253 e. The van der Waals surface area contributed by atoms with E-state index in [2.05, 4.69) is 15.5 Å². The van der Waals surface area contributed by atoms with Gasteiger partial charge in [-0.1, -0.05) is 30.3 Å². The molecule has 0 aromatic heterocycles. The van der Waals surface area contributed by atoms with Gasteiger partial charge in [-0.2, -0.15) is 0 Å². The third-order valence-corrected chi connectivity index (χ3v) is 11.2. The van der Waals surface area contributed by atoms with Crippen molar-refractivity contribution in [3.63, 3.8) is 0 Å². The predicted molar refractivity (Wildman–Crippen MR) is 190 cm³/mol. The minimum atomic E-state index is -3.28. The van der Waals surface area contributed by atoms with Crippen molar-refractivity contribution in [1.82, 2.24) is 25.3 Å². The van der Waals surface area contributed by atoms with Crippen molar-refractivity contribution in [1.29, 1.82) is 0 Å². The van der Waals surface area contributed by atoms with E-state index < -0.39 is 9.84 Å². The number of piperidine rings is 2. The summed E-state index contributed by atoms with van der Waals surface area (Å²) >= 11 is 0. The number of carbonyl (C=O) groups excluding carboxylic acids is 4. The number of nitrogens with one attached hydrogen (secondary N) is 2. The van der Waals surface area contributed by atoms with Crippen molar-refractivity contribution in [2.45, 2.75) is 49.6 Å². The number of amides is 4. The quantitative estimate of drug-likeness (QED) is 0.469. The van der Waals surface area contributed by atoms with Crippen LogP contribution < -0.4 is 10.6 Å². The van der Waals surface area contributed by atoms with E-state index in [-0.39, 0.29) is 72.8 Å². The van der Waals surface area contributed by atoms with Gasteiger partial charge in [-0.05, 0) is 73.9 Å². The molecule has 3 aliphatic heterocycles. The summed E-state index contributed by atoms with van der Waals surface area (Å²) in [7, 11) is -3.28. The maximum atomic E-state index is 13.4. The molecule has 3 heterocycles. The van der Waals surface area contributed by atoms with Crippen LogP contribution in [0.5, 0.6) is 0 Å². The van der Waals surface area contributed by atoms with Gasteiger partial charge in [0.2, 0.25) is 17.7 Å². The van der Waals surface area contributed by atoms with Gasteiger partial charge in [-0.15, -0.1) is 0 Å². The number of fused-ring (bicyclic) bond motifs is 1. The van der Waals surface area contributed by atoms with E-state index in [9.17, 15) is 27.6 Å². The van der Waals surface area contributed by atoms with Crippen LogP contribution in [0.1, 0.15) is 48.0 Å². The Labute approximate surface area is 300 Å². The summed E-state index contributed by atoms with van der Waals surface area (Å²) < 4.78 is 35.0. The van der Waals surface area contributed by atoms with Crippen molar-refractivity contribution in [2.24, 2.45) is 11.8 Å². The second-order valence-electron chi connectivity index (χ2n) is 13.7. The van der Waals surface area contributed by atoms with E-state index in [4.69, 9.17) is 9.47 Å². The van der Waals surface area contributed by atoms with Crippen LogP contribution in [0.2, 0.25) is 0 Å². The Bertz CT molecular complexity index is 1580. The number of hydrogen-bond acceptors (Lipinski definition) is 9. The SMILES string of the molecule is CS(=O)(=O)c1ccc(CN2CC[C@H]3CC(=O)NCCOCCOCC(=O)N(C4CCN(C(=O)c5ccccc5)CC4)CC(=O)NCC[C@H]3C2)cc1. The third-order valence-electron chi connectivity index (χ3n) is 10.0. The summed E-state index contributed by atoms with van der Waals surface area (Å²) in [6.07, 6.45) is 4.16. The molecule has 3 aliphatic rings. The highest BCUT2D eigenvalue weighted by Gasteiger charge is 2.33. The average Bonchev–Trinajstić information content (AvgIpc) is 3.12. The highest BCUT2D eigenvalue weighted by molar-refractivity contribution is 7.90. The first-order valence-electron chi connectivity index (χ1n) is 17.9. The Hall–Kier alpha value is -3.85. The van der Waals surface area contributed by atoms with Crippen molar-refractivity contribution in [2.75, 3.05) is 78.5 Å². The summed E-state index contributed by atoms with van der Waals surface area (Å²) in [5.74, 6) is -0.358. The second kappa shape index (κ2) is 18.6. The van der Waals surface area contributed by atoms with Crippen molar-refractivity contribution < 1.29 is 37.1 Å². The number of nitrogens with zero attached hydrogens (tertiary/aromatic N) is 3. The van der Waals surface area contributed by atoms with Crippen molar-refractivity contribution in [3.8, 4) is 0 Å². The molecule has 0 saturated carbocycles. The Kier molecular flexibility index (Phi) is 14.0. The van der Waals surface area contributed by atoms with Gasteiger partial charge in [-0.25, -0.2) is 8.42 Å².